The van der Waals surface area contributed by atoms with Crippen LogP contribution >= 0.6 is 11.6 Å². The van der Waals surface area contributed by atoms with Crippen LogP contribution in [0.5, 0.6) is 5.75 Å². The standard InChI is InChI=1S/C20H27ClN6O3S/c1-24-5-7-25(8-6-24)19-14-20(23-15-22-19)26-9-11-27(12-10-26)31(28,29)16-3-4-18(30-2)17(21)13-16/h3-4,13-15H,5-12H2,1-2H3. The Labute approximate surface area is 188 Å². The van der Waals surface area contributed by atoms with E-state index in [1.165, 1.54) is 23.5 Å². The van der Waals surface area contributed by atoms with Crippen LogP contribution in [-0.4, -0.2) is 94.1 Å². The molecule has 0 aliphatic carbocycles. The SMILES string of the molecule is COc1ccc(S(=O)(=O)N2CCN(c3cc(N4CCN(C)CC4)ncn3)CC2)cc1Cl. The predicted octanol–water partition coefficient (Wildman–Crippen LogP) is 1.40. The van der Waals surface area contributed by atoms with Crippen molar-refractivity contribution in [1.82, 2.24) is 19.2 Å². The Morgan fingerprint density at radius 3 is 2.03 bits per heavy atom. The molecule has 2 aliphatic heterocycles. The third-order valence-electron chi connectivity index (χ3n) is 5.79. The summed E-state index contributed by atoms with van der Waals surface area (Å²) < 4.78 is 32.7. The minimum Gasteiger partial charge on any atom is -0.495 e. The van der Waals surface area contributed by atoms with Crippen LogP contribution in [0.2, 0.25) is 5.02 Å². The summed E-state index contributed by atoms with van der Waals surface area (Å²) in [4.78, 5) is 15.7. The zero-order valence-corrected chi connectivity index (χ0v) is 19.3. The lowest BCUT2D eigenvalue weighted by atomic mass is 10.3. The molecule has 4 rings (SSSR count). The third kappa shape index (κ3) is 4.72. The Hall–Kier alpha value is -2.14. The second kappa shape index (κ2) is 9.15. The predicted molar refractivity (Wildman–Crippen MR) is 121 cm³/mol. The summed E-state index contributed by atoms with van der Waals surface area (Å²) >= 11 is 6.13. The van der Waals surface area contributed by atoms with E-state index in [-0.39, 0.29) is 9.92 Å². The van der Waals surface area contributed by atoms with Gasteiger partial charge in [-0.25, -0.2) is 18.4 Å². The molecule has 0 unspecified atom stereocenters. The molecule has 168 valence electrons. The van der Waals surface area contributed by atoms with E-state index in [4.69, 9.17) is 16.3 Å². The van der Waals surface area contributed by atoms with Gasteiger partial charge in [0.05, 0.1) is 17.0 Å². The van der Waals surface area contributed by atoms with Crippen LogP contribution in [0, 0.1) is 0 Å². The van der Waals surface area contributed by atoms with Crippen molar-refractivity contribution in [2.75, 3.05) is 76.3 Å². The highest BCUT2D eigenvalue weighted by molar-refractivity contribution is 7.89. The van der Waals surface area contributed by atoms with Gasteiger partial charge in [-0.2, -0.15) is 4.31 Å². The van der Waals surface area contributed by atoms with Crippen molar-refractivity contribution in [3.63, 3.8) is 0 Å². The van der Waals surface area contributed by atoms with Crippen LogP contribution < -0.4 is 14.5 Å². The van der Waals surface area contributed by atoms with E-state index in [1.54, 1.807) is 12.4 Å². The van der Waals surface area contributed by atoms with E-state index in [9.17, 15) is 8.42 Å². The number of sulfonamides is 1. The fourth-order valence-corrected chi connectivity index (χ4v) is 5.60. The monoisotopic (exact) mass is 466 g/mol. The molecule has 11 heteroatoms. The molecule has 1 aromatic carbocycles. The second-order valence-corrected chi connectivity index (χ2v) is 10.1. The molecular formula is C20H27ClN6O3S. The number of aromatic nitrogens is 2. The highest BCUT2D eigenvalue weighted by Gasteiger charge is 2.30. The summed E-state index contributed by atoms with van der Waals surface area (Å²) in [6.45, 7) is 5.74. The van der Waals surface area contributed by atoms with Gasteiger partial charge in [-0.1, -0.05) is 11.6 Å². The van der Waals surface area contributed by atoms with E-state index in [0.717, 1.165) is 37.8 Å². The van der Waals surface area contributed by atoms with Crippen LogP contribution in [-0.2, 0) is 10.0 Å². The normalized spacial score (nSPS) is 18.9. The van der Waals surface area contributed by atoms with Crippen molar-refractivity contribution in [2.45, 2.75) is 4.90 Å². The minimum atomic E-state index is -3.62. The Morgan fingerprint density at radius 1 is 0.903 bits per heavy atom. The first kappa shape index (κ1) is 22.1. The fraction of sp³-hybridized carbons (Fsp3) is 0.500. The lowest BCUT2D eigenvalue weighted by Gasteiger charge is -2.36. The molecule has 2 saturated heterocycles. The third-order valence-corrected chi connectivity index (χ3v) is 7.98. The summed E-state index contributed by atoms with van der Waals surface area (Å²) in [6.07, 6.45) is 1.59. The second-order valence-electron chi connectivity index (χ2n) is 7.71. The molecule has 31 heavy (non-hydrogen) atoms. The van der Waals surface area contributed by atoms with E-state index in [0.29, 0.717) is 31.9 Å². The lowest BCUT2D eigenvalue weighted by molar-refractivity contribution is 0.312. The highest BCUT2D eigenvalue weighted by Crippen LogP contribution is 2.29. The van der Waals surface area contributed by atoms with Crippen LogP contribution in [0.3, 0.4) is 0 Å². The number of halogens is 1. The average molecular weight is 467 g/mol. The molecule has 0 bridgehead atoms. The van der Waals surface area contributed by atoms with E-state index in [1.807, 2.05) is 6.07 Å². The summed E-state index contributed by atoms with van der Waals surface area (Å²) in [5.74, 6) is 2.19. The fourth-order valence-electron chi connectivity index (χ4n) is 3.83. The molecule has 0 radical (unpaired) electrons. The summed E-state index contributed by atoms with van der Waals surface area (Å²) in [6, 6.07) is 6.54. The number of benzene rings is 1. The van der Waals surface area contributed by atoms with Crippen molar-refractivity contribution in [3.05, 3.63) is 35.6 Å². The maximum Gasteiger partial charge on any atom is 0.243 e. The van der Waals surface area contributed by atoms with Gasteiger partial charge in [0.1, 0.15) is 23.7 Å². The number of piperazine rings is 2. The molecule has 2 aliphatic rings. The molecule has 1 aromatic heterocycles. The molecule has 2 fully saturated rings. The molecule has 0 amide bonds. The Balaban J connectivity index is 1.43. The van der Waals surface area contributed by atoms with E-state index in [2.05, 4.69) is 31.7 Å². The van der Waals surface area contributed by atoms with Gasteiger partial charge in [-0.05, 0) is 25.2 Å². The van der Waals surface area contributed by atoms with Gasteiger partial charge < -0.3 is 19.4 Å². The smallest absolute Gasteiger partial charge is 0.243 e. The van der Waals surface area contributed by atoms with Crippen molar-refractivity contribution in [1.29, 1.82) is 0 Å². The lowest BCUT2D eigenvalue weighted by Crippen LogP contribution is -2.49. The van der Waals surface area contributed by atoms with Gasteiger partial charge in [0, 0.05) is 58.4 Å². The van der Waals surface area contributed by atoms with Crippen molar-refractivity contribution in [2.24, 2.45) is 0 Å². The average Bonchev–Trinajstić information content (AvgIpc) is 2.79. The molecule has 2 aromatic rings. The minimum absolute atomic E-state index is 0.172. The van der Waals surface area contributed by atoms with E-state index >= 15 is 0 Å². The van der Waals surface area contributed by atoms with Gasteiger partial charge in [0.15, 0.2) is 0 Å². The number of nitrogens with zero attached hydrogens (tertiary/aromatic N) is 6. The summed E-state index contributed by atoms with van der Waals surface area (Å²) in [5.41, 5.74) is 0. The first-order valence-corrected chi connectivity index (χ1v) is 12.0. The van der Waals surface area contributed by atoms with Gasteiger partial charge in [0.25, 0.3) is 0 Å². The van der Waals surface area contributed by atoms with Crippen molar-refractivity contribution < 1.29 is 13.2 Å². The molecule has 0 N–H and O–H groups in total. The molecular weight excluding hydrogens is 440 g/mol. The molecule has 3 heterocycles. The zero-order chi connectivity index (χ0) is 22.0. The van der Waals surface area contributed by atoms with Crippen LogP contribution in [0.25, 0.3) is 0 Å². The van der Waals surface area contributed by atoms with Gasteiger partial charge in [-0.15, -0.1) is 0 Å². The number of hydrogen-bond donors (Lipinski definition) is 0. The number of anilines is 2. The van der Waals surface area contributed by atoms with Gasteiger partial charge in [0.2, 0.25) is 10.0 Å². The van der Waals surface area contributed by atoms with Crippen LogP contribution in [0.1, 0.15) is 0 Å². The number of ether oxygens (including phenoxy) is 1. The molecule has 0 saturated carbocycles. The topological polar surface area (TPSA) is 82.1 Å². The largest absolute Gasteiger partial charge is 0.495 e. The zero-order valence-electron chi connectivity index (χ0n) is 17.7. The molecule has 0 spiro atoms. The molecule has 9 nitrogen and oxygen atoms in total. The number of hydrogen-bond acceptors (Lipinski definition) is 8. The first-order chi connectivity index (χ1) is 14.9. The van der Waals surface area contributed by atoms with Gasteiger partial charge >= 0.3 is 0 Å². The number of rotatable bonds is 5. The van der Waals surface area contributed by atoms with Crippen molar-refractivity contribution in [3.8, 4) is 5.75 Å². The summed E-state index contributed by atoms with van der Waals surface area (Å²) in [5, 5.41) is 0.277. The Morgan fingerprint density at radius 2 is 1.48 bits per heavy atom. The quantitative estimate of drug-likeness (QED) is 0.654. The summed E-state index contributed by atoms with van der Waals surface area (Å²) in [7, 11) is -0.00651. The number of likely N-dealkylation sites (N-methyl/N-ethyl adjacent to an activating group) is 1. The molecule has 0 atom stereocenters. The maximum atomic E-state index is 13.0. The van der Waals surface area contributed by atoms with Crippen molar-refractivity contribution >= 4 is 33.3 Å². The van der Waals surface area contributed by atoms with Crippen LogP contribution in [0.4, 0.5) is 11.6 Å². The Kier molecular flexibility index (Phi) is 6.52. The first-order valence-electron chi connectivity index (χ1n) is 10.2. The van der Waals surface area contributed by atoms with Crippen LogP contribution in [0.15, 0.2) is 35.5 Å². The van der Waals surface area contributed by atoms with E-state index < -0.39 is 10.0 Å². The maximum absolute atomic E-state index is 13.0. The highest BCUT2D eigenvalue weighted by atomic mass is 35.5. The number of methoxy groups -OCH3 is 1. The van der Waals surface area contributed by atoms with Gasteiger partial charge in [-0.3, -0.25) is 0 Å². The Bertz CT molecular complexity index is 1020.